The summed E-state index contributed by atoms with van der Waals surface area (Å²) in [6.45, 7) is 4.99. The molecule has 0 unspecified atom stereocenters. The third kappa shape index (κ3) is 3.50. The summed E-state index contributed by atoms with van der Waals surface area (Å²) in [5.41, 5.74) is 11.3. The molecule has 0 atom stereocenters. The Bertz CT molecular complexity index is 563. The molecule has 19 heavy (non-hydrogen) atoms. The number of anilines is 2. The number of nitrogen functional groups attached to an aromatic ring is 1. The minimum atomic E-state index is 0.812. The van der Waals surface area contributed by atoms with Crippen LogP contribution in [-0.2, 0) is 6.42 Å². The Hall–Kier alpha value is -1.49. The SMILES string of the molecule is Cc1cc(NCCCc2cn[nH]c2C)c(Br)cc1N. The van der Waals surface area contributed by atoms with Crippen LogP contribution in [0.2, 0.25) is 0 Å². The lowest BCUT2D eigenvalue weighted by Gasteiger charge is -2.11. The van der Waals surface area contributed by atoms with Gasteiger partial charge in [0.15, 0.2) is 0 Å². The van der Waals surface area contributed by atoms with Crippen molar-refractivity contribution in [2.24, 2.45) is 0 Å². The van der Waals surface area contributed by atoms with E-state index in [1.807, 2.05) is 19.2 Å². The van der Waals surface area contributed by atoms with Crippen LogP contribution >= 0.6 is 15.9 Å². The number of nitrogens with zero attached hydrogens (tertiary/aromatic N) is 1. The molecular weight excluding hydrogens is 304 g/mol. The maximum atomic E-state index is 5.86. The molecule has 0 aliphatic rings. The van der Waals surface area contributed by atoms with E-state index in [0.29, 0.717) is 0 Å². The fraction of sp³-hybridized carbons (Fsp3) is 0.357. The second-order valence-electron chi connectivity index (χ2n) is 4.74. The van der Waals surface area contributed by atoms with E-state index in [1.165, 1.54) is 5.56 Å². The number of aromatic amines is 1. The predicted molar refractivity (Wildman–Crippen MR) is 83.4 cm³/mol. The van der Waals surface area contributed by atoms with Crippen molar-refractivity contribution in [2.75, 3.05) is 17.6 Å². The van der Waals surface area contributed by atoms with Gasteiger partial charge in [0.25, 0.3) is 0 Å². The molecule has 4 N–H and O–H groups in total. The lowest BCUT2D eigenvalue weighted by molar-refractivity contribution is 0.857. The molecular formula is C14H19BrN4. The van der Waals surface area contributed by atoms with Gasteiger partial charge in [0.2, 0.25) is 0 Å². The van der Waals surface area contributed by atoms with Crippen molar-refractivity contribution in [3.8, 4) is 0 Å². The van der Waals surface area contributed by atoms with Gasteiger partial charge in [0.1, 0.15) is 0 Å². The van der Waals surface area contributed by atoms with Crippen LogP contribution in [0.15, 0.2) is 22.8 Å². The highest BCUT2D eigenvalue weighted by molar-refractivity contribution is 9.10. The minimum Gasteiger partial charge on any atom is -0.398 e. The molecule has 0 aliphatic carbocycles. The van der Waals surface area contributed by atoms with Gasteiger partial charge in [-0.3, -0.25) is 5.10 Å². The van der Waals surface area contributed by atoms with Gasteiger partial charge in [-0.25, -0.2) is 0 Å². The Balaban J connectivity index is 1.86. The van der Waals surface area contributed by atoms with Gasteiger partial charge >= 0.3 is 0 Å². The van der Waals surface area contributed by atoms with Crippen LogP contribution in [0.5, 0.6) is 0 Å². The maximum absolute atomic E-state index is 5.86. The molecule has 0 aliphatic heterocycles. The zero-order valence-electron chi connectivity index (χ0n) is 11.3. The highest BCUT2D eigenvalue weighted by Gasteiger charge is 2.04. The first-order valence-corrected chi connectivity index (χ1v) is 7.15. The molecule has 0 saturated heterocycles. The first kappa shape index (κ1) is 13.9. The van der Waals surface area contributed by atoms with E-state index in [9.17, 15) is 0 Å². The summed E-state index contributed by atoms with van der Waals surface area (Å²) in [6.07, 6.45) is 4.00. The number of aromatic nitrogens is 2. The van der Waals surface area contributed by atoms with Crippen LogP contribution in [0.25, 0.3) is 0 Å². The summed E-state index contributed by atoms with van der Waals surface area (Å²) in [5.74, 6) is 0. The lowest BCUT2D eigenvalue weighted by atomic mass is 10.1. The summed E-state index contributed by atoms with van der Waals surface area (Å²) in [4.78, 5) is 0. The van der Waals surface area contributed by atoms with E-state index >= 15 is 0 Å². The number of H-pyrrole nitrogens is 1. The first-order valence-electron chi connectivity index (χ1n) is 6.36. The Morgan fingerprint density at radius 1 is 1.37 bits per heavy atom. The van der Waals surface area contributed by atoms with Crippen molar-refractivity contribution >= 4 is 27.3 Å². The zero-order chi connectivity index (χ0) is 13.8. The zero-order valence-corrected chi connectivity index (χ0v) is 12.8. The molecule has 0 bridgehead atoms. The number of hydrogen-bond donors (Lipinski definition) is 3. The van der Waals surface area contributed by atoms with Gasteiger partial charge in [0.05, 0.1) is 6.20 Å². The molecule has 1 aromatic heterocycles. The summed E-state index contributed by atoms with van der Waals surface area (Å²) in [6, 6.07) is 4.01. The summed E-state index contributed by atoms with van der Waals surface area (Å²) in [5, 5.41) is 10.4. The van der Waals surface area contributed by atoms with Gasteiger partial charge in [-0.2, -0.15) is 5.10 Å². The van der Waals surface area contributed by atoms with Gasteiger partial charge in [-0.1, -0.05) is 0 Å². The monoisotopic (exact) mass is 322 g/mol. The minimum absolute atomic E-state index is 0.812. The van der Waals surface area contributed by atoms with Gasteiger partial charge in [0, 0.05) is 28.1 Å². The molecule has 1 heterocycles. The quantitative estimate of drug-likeness (QED) is 0.583. The fourth-order valence-electron chi connectivity index (χ4n) is 1.96. The molecule has 4 nitrogen and oxygen atoms in total. The molecule has 0 saturated carbocycles. The van der Waals surface area contributed by atoms with Crippen molar-refractivity contribution in [1.82, 2.24) is 10.2 Å². The number of nitrogens with one attached hydrogen (secondary N) is 2. The van der Waals surface area contributed by atoms with Crippen LogP contribution in [0, 0.1) is 13.8 Å². The topological polar surface area (TPSA) is 66.7 Å². The molecule has 0 spiro atoms. The molecule has 0 fully saturated rings. The molecule has 5 heteroatoms. The van der Waals surface area contributed by atoms with Crippen LogP contribution in [0.3, 0.4) is 0 Å². The Morgan fingerprint density at radius 2 is 2.16 bits per heavy atom. The average Bonchev–Trinajstić information content (AvgIpc) is 2.77. The van der Waals surface area contributed by atoms with Crippen molar-refractivity contribution in [1.29, 1.82) is 0 Å². The third-order valence-corrected chi connectivity index (χ3v) is 3.88. The number of rotatable bonds is 5. The smallest absolute Gasteiger partial charge is 0.0522 e. The Morgan fingerprint density at radius 3 is 2.84 bits per heavy atom. The van der Waals surface area contributed by atoms with Crippen LogP contribution < -0.4 is 11.1 Å². The highest BCUT2D eigenvalue weighted by Crippen LogP contribution is 2.27. The van der Waals surface area contributed by atoms with Gasteiger partial charge < -0.3 is 11.1 Å². The number of halogens is 1. The van der Waals surface area contributed by atoms with Gasteiger partial charge in [-0.15, -0.1) is 0 Å². The maximum Gasteiger partial charge on any atom is 0.0522 e. The Labute approximate surface area is 121 Å². The van der Waals surface area contributed by atoms with Crippen molar-refractivity contribution in [3.63, 3.8) is 0 Å². The standard InChI is InChI=1S/C14H19BrN4/c1-9-6-14(12(15)7-13(9)16)17-5-3-4-11-8-18-19-10(11)2/h6-8,17H,3-5,16H2,1-2H3,(H,18,19). The molecule has 2 aromatic rings. The van der Waals surface area contributed by atoms with Crippen LogP contribution in [-0.4, -0.2) is 16.7 Å². The molecule has 1 aromatic carbocycles. The molecule has 102 valence electrons. The Kier molecular flexibility index (Phi) is 4.47. The number of aryl methyl sites for hydroxylation is 3. The molecule has 0 radical (unpaired) electrons. The second kappa shape index (κ2) is 6.10. The predicted octanol–water partition coefficient (Wildman–Crippen LogP) is 3.42. The van der Waals surface area contributed by atoms with Crippen LogP contribution in [0.4, 0.5) is 11.4 Å². The lowest BCUT2D eigenvalue weighted by Crippen LogP contribution is -2.04. The molecule has 2 rings (SSSR count). The largest absolute Gasteiger partial charge is 0.398 e. The highest BCUT2D eigenvalue weighted by atomic mass is 79.9. The average molecular weight is 323 g/mol. The van der Waals surface area contributed by atoms with Gasteiger partial charge in [-0.05, 0) is 65.9 Å². The van der Waals surface area contributed by atoms with Crippen molar-refractivity contribution in [2.45, 2.75) is 26.7 Å². The fourth-order valence-corrected chi connectivity index (χ4v) is 2.46. The van der Waals surface area contributed by atoms with Crippen LogP contribution in [0.1, 0.15) is 23.2 Å². The van der Waals surface area contributed by atoms with Crippen molar-refractivity contribution < 1.29 is 0 Å². The summed E-state index contributed by atoms with van der Waals surface area (Å²) in [7, 11) is 0. The van der Waals surface area contributed by atoms with E-state index in [0.717, 1.165) is 46.5 Å². The normalized spacial score (nSPS) is 10.7. The second-order valence-corrected chi connectivity index (χ2v) is 5.59. The third-order valence-electron chi connectivity index (χ3n) is 3.23. The summed E-state index contributed by atoms with van der Waals surface area (Å²) < 4.78 is 1.01. The van der Waals surface area contributed by atoms with E-state index in [2.05, 4.69) is 44.4 Å². The van der Waals surface area contributed by atoms with Crippen molar-refractivity contribution in [3.05, 3.63) is 39.6 Å². The van der Waals surface area contributed by atoms with E-state index in [4.69, 9.17) is 5.73 Å². The van der Waals surface area contributed by atoms with E-state index in [1.54, 1.807) is 0 Å². The number of benzene rings is 1. The van der Waals surface area contributed by atoms with E-state index < -0.39 is 0 Å². The number of nitrogens with two attached hydrogens (primary N) is 1. The first-order chi connectivity index (χ1) is 9.08. The molecule has 0 amide bonds. The number of hydrogen-bond acceptors (Lipinski definition) is 3. The summed E-state index contributed by atoms with van der Waals surface area (Å²) >= 11 is 3.53. The van der Waals surface area contributed by atoms with E-state index in [-0.39, 0.29) is 0 Å².